The number of piperidine rings is 1. The molecule has 2 aromatic heterocycles. The molecule has 0 amide bonds. The Labute approximate surface area is 248 Å². The molecule has 1 unspecified atom stereocenters. The van der Waals surface area contributed by atoms with Gasteiger partial charge in [0.1, 0.15) is 5.82 Å². The quantitative estimate of drug-likeness (QED) is 0.179. The third kappa shape index (κ3) is 6.45. The Hall–Kier alpha value is -3.76. The van der Waals surface area contributed by atoms with Gasteiger partial charge in [-0.15, -0.1) is 5.10 Å². The molecule has 6 rings (SSSR count). The highest BCUT2D eigenvalue weighted by atomic mass is 19.4. The molecule has 0 radical (unpaired) electrons. The second kappa shape index (κ2) is 12.5. The first-order chi connectivity index (χ1) is 20.8. The van der Waals surface area contributed by atoms with Crippen molar-refractivity contribution in [2.45, 2.75) is 57.0 Å². The summed E-state index contributed by atoms with van der Waals surface area (Å²) in [6, 6.07) is 17.7. The number of likely N-dealkylation sites (N-methyl/N-ethyl adjacent to an activating group) is 1. The lowest BCUT2D eigenvalue weighted by Gasteiger charge is -2.33. The van der Waals surface area contributed by atoms with Crippen molar-refractivity contribution in [2.75, 3.05) is 31.6 Å². The van der Waals surface area contributed by atoms with Gasteiger partial charge in [-0.2, -0.15) is 17.6 Å². The maximum absolute atomic E-state index is 15.3. The average Bonchev–Trinajstić information content (AvgIpc) is 3.37. The normalized spacial score (nSPS) is 20.3. The molecule has 4 aromatic rings. The number of allylic oxidation sites excluding steroid dienone is 1. The first-order valence-corrected chi connectivity index (χ1v) is 14.8. The van der Waals surface area contributed by atoms with Crippen molar-refractivity contribution in [3.05, 3.63) is 89.5 Å². The van der Waals surface area contributed by atoms with Gasteiger partial charge in [0, 0.05) is 37.5 Å². The Morgan fingerprint density at radius 2 is 1.79 bits per heavy atom. The topological polar surface area (TPSA) is 55.2 Å². The number of hydrogen-bond acceptors (Lipinski definition) is 5. The number of fused-ring (bicyclic) bond motifs is 1. The predicted octanol–water partition coefficient (Wildman–Crippen LogP) is 7.37. The lowest BCUT2D eigenvalue weighted by molar-refractivity contribution is -0.122. The summed E-state index contributed by atoms with van der Waals surface area (Å²) in [6.07, 6.45) is 0.348. The van der Waals surface area contributed by atoms with Gasteiger partial charge in [-0.3, -0.25) is 0 Å². The number of pyridine rings is 1. The molecule has 2 aliphatic heterocycles. The van der Waals surface area contributed by atoms with Crippen molar-refractivity contribution in [3.8, 4) is 0 Å². The summed E-state index contributed by atoms with van der Waals surface area (Å²) in [5, 5.41) is 7.69. The van der Waals surface area contributed by atoms with Gasteiger partial charge in [0.05, 0.1) is 17.3 Å². The number of rotatable bonds is 7. The van der Waals surface area contributed by atoms with Gasteiger partial charge >= 0.3 is 6.18 Å². The second-order valence-corrected chi connectivity index (χ2v) is 11.3. The SMILES string of the molecule is CN[C@H]1CCCN(c2ccc(/C(=C(/CC(F)(F)F)c3ccccc3)c3ccc4c(c3)c(F)nn4C3CCCCO3)cn2)C1. The van der Waals surface area contributed by atoms with Gasteiger partial charge in [0.15, 0.2) is 6.23 Å². The van der Waals surface area contributed by atoms with Crippen LogP contribution < -0.4 is 10.2 Å². The molecule has 2 aromatic carbocycles. The van der Waals surface area contributed by atoms with Gasteiger partial charge in [-0.05, 0) is 85.7 Å². The molecule has 10 heteroatoms. The zero-order chi connectivity index (χ0) is 30.0. The monoisotopic (exact) mass is 593 g/mol. The van der Waals surface area contributed by atoms with Crippen LogP contribution in [0.1, 0.15) is 61.4 Å². The molecular weight excluding hydrogens is 558 g/mol. The maximum atomic E-state index is 15.3. The van der Waals surface area contributed by atoms with Crippen molar-refractivity contribution in [3.63, 3.8) is 0 Å². The summed E-state index contributed by atoms with van der Waals surface area (Å²) in [6.45, 7) is 2.24. The highest BCUT2D eigenvalue weighted by Crippen LogP contribution is 2.40. The molecule has 1 N–H and O–H groups in total. The number of halogens is 4. The van der Waals surface area contributed by atoms with Gasteiger partial charge < -0.3 is 15.0 Å². The van der Waals surface area contributed by atoms with Crippen molar-refractivity contribution < 1.29 is 22.3 Å². The number of anilines is 1. The second-order valence-electron chi connectivity index (χ2n) is 11.3. The van der Waals surface area contributed by atoms with Crippen LogP contribution in [0.4, 0.5) is 23.4 Å². The summed E-state index contributed by atoms with van der Waals surface area (Å²) in [5.41, 5.74) is 2.43. The molecule has 2 atom stereocenters. The summed E-state index contributed by atoms with van der Waals surface area (Å²) in [7, 11) is 1.94. The Kier molecular flexibility index (Phi) is 8.50. The highest BCUT2D eigenvalue weighted by molar-refractivity contribution is 6.00. The average molecular weight is 594 g/mol. The van der Waals surface area contributed by atoms with E-state index in [9.17, 15) is 13.2 Å². The Balaban J connectivity index is 1.49. The van der Waals surface area contributed by atoms with Gasteiger partial charge in [-0.1, -0.05) is 36.4 Å². The smallest absolute Gasteiger partial charge is 0.356 e. The molecule has 6 nitrogen and oxygen atoms in total. The summed E-state index contributed by atoms with van der Waals surface area (Å²) in [5.74, 6) is 0.0931. The predicted molar refractivity (Wildman–Crippen MR) is 160 cm³/mol. The van der Waals surface area contributed by atoms with E-state index in [4.69, 9.17) is 9.72 Å². The van der Waals surface area contributed by atoms with Crippen LogP contribution in [0.25, 0.3) is 22.0 Å². The van der Waals surface area contributed by atoms with Crippen molar-refractivity contribution in [2.24, 2.45) is 0 Å². The largest absolute Gasteiger partial charge is 0.393 e. The van der Waals surface area contributed by atoms with Crippen LogP contribution in [0.3, 0.4) is 0 Å². The Morgan fingerprint density at radius 3 is 2.49 bits per heavy atom. The van der Waals surface area contributed by atoms with E-state index in [0.29, 0.717) is 40.4 Å². The van der Waals surface area contributed by atoms with Gasteiger partial charge in [-0.25, -0.2) is 9.67 Å². The van der Waals surface area contributed by atoms with Crippen LogP contribution in [0, 0.1) is 5.95 Å². The Morgan fingerprint density at radius 1 is 0.977 bits per heavy atom. The molecular formula is C33H35F4N5O. The molecule has 4 heterocycles. The zero-order valence-corrected chi connectivity index (χ0v) is 24.1. The fraction of sp³-hybridized carbons (Fsp3) is 0.394. The van der Waals surface area contributed by atoms with E-state index in [1.807, 2.05) is 19.2 Å². The number of alkyl halides is 3. The van der Waals surface area contributed by atoms with E-state index in [2.05, 4.69) is 15.3 Å². The van der Waals surface area contributed by atoms with Gasteiger partial charge in [0.25, 0.3) is 0 Å². The molecule has 0 spiro atoms. The van der Waals surface area contributed by atoms with Crippen LogP contribution in [0.5, 0.6) is 0 Å². The summed E-state index contributed by atoms with van der Waals surface area (Å²) in [4.78, 5) is 6.90. The van der Waals surface area contributed by atoms with Crippen LogP contribution in [0.2, 0.25) is 0 Å². The Bertz CT molecular complexity index is 1580. The van der Waals surface area contributed by atoms with Crippen molar-refractivity contribution in [1.29, 1.82) is 0 Å². The molecule has 0 saturated carbocycles. The molecule has 0 bridgehead atoms. The summed E-state index contributed by atoms with van der Waals surface area (Å²) >= 11 is 0. The number of nitrogens with one attached hydrogen (secondary N) is 1. The zero-order valence-electron chi connectivity index (χ0n) is 24.1. The molecule has 2 aliphatic rings. The minimum Gasteiger partial charge on any atom is -0.356 e. The fourth-order valence-electron chi connectivity index (χ4n) is 6.23. The lowest BCUT2D eigenvalue weighted by Crippen LogP contribution is -2.44. The number of nitrogens with zero attached hydrogens (tertiary/aromatic N) is 4. The molecule has 2 fully saturated rings. The fourth-order valence-corrected chi connectivity index (χ4v) is 6.23. The number of benzene rings is 2. The summed E-state index contributed by atoms with van der Waals surface area (Å²) < 4.78 is 65.1. The van der Waals surface area contributed by atoms with Crippen LogP contribution in [-0.4, -0.2) is 53.7 Å². The first kappa shape index (κ1) is 29.3. The number of ether oxygens (including phenoxy) is 1. The number of hydrogen-bond donors (Lipinski definition) is 1. The van der Waals surface area contributed by atoms with E-state index in [0.717, 1.165) is 51.0 Å². The van der Waals surface area contributed by atoms with Crippen LogP contribution in [-0.2, 0) is 4.74 Å². The molecule has 226 valence electrons. The third-order valence-electron chi connectivity index (χ3n) is 8.37. The number of aromatic nitrogens is 3. The lowest BCUT2D eigenvalue weighted by atomic mass is 9.88. The van der Waals surface area contributed by atoms with Crippen LogP contribution >= 0.6 is 0 Å². The van der Waals surface area contributed by atoms with E-state index in [-0.39, 0.29) is 17.2 Å². The minimum absolute atomic E-state index is 0.0960. The van der Waals surface area contributed by atoms with Crippen molar-refractivity contribution >= 4 is 27.9 Å². The molecule has 2 saturated heterocycles. The van der Waals surface area contributed by atoms with Gasteiger partial charge in [0.2, 0.25) is 5.95 Å². The van der Waals surface area contributed by atoms with E-state index in [1.54, 1.807) is 59.4 Å². The standard InChI is InChI=1S/C33H35F4N5O/c1-38-25-10-7-16-41(21-25)29-15-13-24(20-39-29)31(27(19-33(35,36)37)22-8-3-2-4-9-22)23-12-14-28-26(18-23)32(34)40-42(28)30-11-5-6-17-43-30/h2-4,8-9,12-15,18,20,25,30,38H,5-7,10-11,16-17,19,21H2,1H3/b31-27-/t25-,30?/m0/s1. The highest BCUT2D eigenvalue weighted by Gasteiger charge is 2.32. The van der Waals surface area contributed by atoms with Crippen molar-refractivity contribution in [1.82, 2.24) is 20.1 Å². The molecule has 0 aliphatic carbocycles. The van der Waals surface area contributed by atoms with Crippen LogP contribution in [0.15, 0.2) is 66.9 Å². The third-order valence-corrected chi connectivity index (χ3v) is 8.37. The van der Waals surface area contributed by atoms with E-state index in [1.165, 1.54) is 0 Å². The first-order valence-electron chi connectivity index (χ1n) is 14.8. The van der Waals surface area contributed by atoms with E-state index >= 15 is 4.39 Å². The molecule has 43 heavy (non-hydrogen) atoms. The minimum atomic E-state index is -4.47. The van der Waals surface area contributed by atoms with E-state index < -0.39 is 18.5 Å². The maximum Gasteiger partial charge on any atom is 0.393 e.